The van der Waals surface area contributed by atoms with E-state index in [-0.39, 0.29) is 0 Å². The Balaban J connectivity index is 1.92. The predicted molar refractivity (Wildman–Crippen MR) is 76.1 cm³/mol. The molecule has 1 aromatic carbocycles. The average molecular weight is 245 g/mol. The van der Waals surface area contributed by atoms with E-state index in [4.69, 9.17) is 0 Å². The third-order valence-corrected chi connectivity index (χ3v) is 4.14. The number of nitrogens with one attached hydrogen (secondary N) is 2. The number of nitrogens with zero attached hydrogens (tertiary/aromatic N) is 1. The highest BCUT2D eigenvalue weighted by molar-refractivity contribution is 5.56. The van der Waals surface area contributed by atoms with Crippen molar-refractivity contribution in [2.45, 2.75) is 32.4 Å². The molecule has 2 aliphatic rings. The van der Waals surface area contributed by atoms with Crippen LogP contribution < -0.4 is 10.6 Å². The minimum Gasteiger partial charge on any atom is -0.382 e. The Bertz CT molecular complexity index is 424. The van der Waals surface area contributed by atoms with Gasteiger partial charge in [-0.1, -0.05) is 17.7 Å². The maximum atomic E-state index is 3.61. The summed E-state index contributed by atoms with van der Waals surface area (Å²) >= 11 is 0. The Morgan fingerprint density at radius 2 is 2.00 bits per heavy atom. The first kappa shape index (κ1) is 12.0. The van der Waals surface area contributed by atoms with Gasteiger partial charge >= 0.3 is 0 Å². The second-order valence-electron chi connectivity index (χ2n) is 5.67. The number of hydrogen-bond donors (Lipinski definition) is 2. The van der Waals surface area contributed by atoms with Crippen molar-refractivity contribution in [2.24, 2.45) is 0 Å². The molecule has 2 unspecified atom stereocenters. The summed E-state index contributed by atoms with van der Waals surface area (Å²) in [7, 11) is 0. The lowest BCUT2D eigenvalue weighted by Gasteiger charge is -2.40. The molecule has 18 heavy (non-hydrogen) atoms. The summed E-state index contributed by atoms with van der Waals surface area (Å²) in [5.74, 6) is 0. The Hall–Kier alpha value is -1.06. The topological polar surface area (TPSA) is 27.3 Å². The summed E-state index contributed by atoms with van der Waals surface area (Å²) in [5.41, 5.74) is 4.20. The molecule has 0 aromatic heterocycles. The highest BCUT2D eigenvalue weighted by Gasteiger charge is 2.29. The van der Waals surface area contributed by atoms with Gasteiger partial charge in [-0.3, -0.25) is 4.90 Å². The predicted octanol–water partition coefficient (Wildman–Crippen LogP) is 2.15. The van der Waals surface area contributed by atoms with Crippen LogP contribution in [-0.4, -0.2) is 37.1 Å². The Kier molecular flexibility index (Phi) is 3.27. The second kappa shape index (κ2) is 4.90. The van der Waals surface area contributed by atoms with Crippen molar-refractivity contribution in [3.8, 4) is 0 Å². The van der Waals surface area contributed by atoms with Crippen LogP contribution in [0, 0.1) is 6.92 Å². The first-order chi connectivity index (χ1) is 8.74. The van der Waals surface area contributed by atoms with Crippen molar-refractivity contribution in [1.29, 1.82) is 0 Å². The molecule has 0 bridgehead atoms. The van der Waals surface area contributed by atoms with Crippen LogP contribution in [0.2, 0.25) is 0 Å². The normalized spacial score (nSPS) is 28.6. The molecule has 98 valence electrons. The number of rotatable bonds is 1. The van der Waals surface area contributed by atoms with Crippen molar-refractivity contribution in [3.63, 3.8) is 0 Å². The minimum atomic E-state index is 0.570. The van der Waals surface area contributed by atoms with Gasteiger partial charge in [-0.05, 0) is 31.9 Å². The molecule has 0 spiro atoms. The number of aryl methyl sites for hydroxylation is 1. The van der Waals surface area contributed by atoms with E-state index in [2.05, 4.69) is 47.6 Å². The van der Waals surface area contributed by atoms with Crippen molar-refractivity contribution in [2.75, 3.05) is 31.5 Å². The van der Waals surface area contributed by atoms with Crippen molar-refractivity contribution < 1.29 is 0 Å². The van der Waals surface area contributed by atoms with Gasteiger partial charge in [-0.25, -0.2) is 0 Å². The molecule has 2 heterocycles. The first-order valence-corrected chi connectivity index (χ1v) is 7.06. The zero-order valence-electron chi connectivity index (χ0n) is 11.4. The fourth-order valence-corrected chi connectivity index (χ4v) is 3.22. The van der Waals surface area contributed by atoms with Crippen LogP contribution in [0.25, 0.3) is 0 Å². The van der Waals surface area contributed by atoms with Gasteiger partial charge in [0, 0.05) is 44.0 Å². The highest BCUT2D eigenvalue weighted by atomic mass is 15.2. The molecular formula is C15H23N3. The summed E-state index contributed by atoms with van der Waals surface area (Å²) in [4.78, 5) is 2.64. The van der Waals surface area contributed by atoms with E-state index in [1.54, 1.807) is 0 Å². The van der Waals surface area contributed by atoms with Gasteiger partial charge < -0.3 is 10.6 Å². The fraction of sp³-hybridized carbons (Fsp3) is 0.600. The van der Waals surface area contributed by atoms with Gasteiger partial charge in [0.1, 0.15) is 0 Å². The largest absolute Gasteiger partial charge is 0.382 e. The SMILES string of the molecule is Cc1ccc2c(c1)C(N1CCNCC1)CC(C)N2. The summed E-state index contributed by atoms with van der Waals surface area (Å²) in [6, 6.07) is 7.98. The van der Waals surface area contributed by atoms with E-state index in [1.165, 1.54) is 36.3 Å². The number of hydrogen-bond acceptors (Lipinski definition) is 3. The van der Waals surface area contributed by atoms with E-state index < -0.39 is 0 Å². The molecule has 0 radical (unpaired) electrons. The second-order valence-corrected chi connectivity index (χ2v) is 5.67. The van der Waals surface area contributed by atoms with Gasteiger partial charge in [0.25, 0.3) is 0 Å². The van der Waals surface area contributed by atoms with E-state index in [9.17, 15) is 0 Å². The molecule has 1 fully saturated rings. The van der Waals surface area contributed by atoms with Gasteiger partial charge in [0.15, 0.2) is 0 Å². The van der Waals surface area contributed by atoms with E-state index in [1.807, 2.05) is 0 Å². The zero-order valence-corrected chi connectivity index (χ0v) is 11.4. The van der Waals surface area contributed by atoms with Crippen LogP contribution in [0.15, 0.2) is 18.2 Å². The summed E-state index contributed by atoms with van der Waals surface area (Å²) in [5, 5.41) is 7.06. The third kappa shape index (κ3) is 2.25. The monoisotopic (exact) mass is 245 g/mol. The van der Waals surface area contributed by atoms with Crippen LogP contribution in [0.5, 0.6) is 0 Å². The van der Waals surface area contributed by atoms with Crippen molar-refractivity contribution in [1.82, 2.24) is 10.2 Å². The molecular weight excluding hydrogens is 222 g/mol. The van der Waals surface area contributed by atoms with Gasteiger partial charge in [0.05, 0.1) is 0 Å². The van der Waals surface area contributed by atoms with Crippen LogP contribution in [0.3, 0.4) is 0 Å². The van der Waals surface area contributed by atoms with Gasteiger partial charge in [-0.2, -0.15) is 0 Å². The molecule has 0 aliphatic carbocycles. The molecule has 1 aromatic rings. The van der Waals surface area contributed by atoms with Crippen molar-refractivity contribution in [3.05, 3.63) is 29.3 Å². The summed E-state index contributed by atoms with van der Waals surface area (Å²) in [6.45, 7) is 9.07. The van der Waals surface area contributed by atoms with Crippen LogP contribution in [0.1, 0.15) is 30.5 Å². The van der Waals surface area contributed by atoms with Crippen LogP contribution in [-0.2, 0) is 0 Å². The molecule has 2 atom stereocenters. The molecule has 3 heteroatoms. The van der Waals surface area contributed by atoms with Gasteiger partial charge in [-0.15, -0.1) is 0 Å². The Morgan fingerprint density at radius 1 is 1.22 bits per heavy atom. The first-order valence-electron chi connectivity index (χ1n) is 7.06. The van der Waals surface area contributed by atoms with Crippen molar-refractivity contribution >= 4 is 5.69 Å². The molecule has 3 nitrogen and oxygen atoms in total. The molecule has 0 saturated carbocycles. The Labute approximate surface area is 110 Å². The Morgan fingerprint density at radius 3 is 2.78 bits per heavy atom. The third-order valence-electron chi connectivity index (χ3n) is 4.14. The molecule has 3 rings (SSSR count). The molecule has 2 N–H and O–H groups in total. The van der Waals surface area contributed by atoms with Crippen LogP contribution in [0.4, 0.5) is 5.69 Å². The lowest BCUT2D eigenvalue weighted by Crippen LogP contribution is -2.47. The van der Waals surface area contributed by atoms with Crippen LogP contribution >= 0.6 is 0 Å². The smallest absolute Gasteiger partial charge is 0.0391 e. The lowest BCUT2D eigenvalue weighted by molar-refractivity contribution is 0.159. The maximum Gasteiger partial charge on any atom is 0.0391 e. The van der Waals surface area contributed by atoms with E-state index in [0.29, 0.717) is 12.1 Å². The molecule has 2 aliphatic heterocycles. The van der Waals surface area contributed by atoms with Gasteiger partial charge in [0.2, 0.25) is 0 Å². The zero-order chi connectivity index (χ0) is 12.5. The number of piperazine rings is 1. The standard InChI is InChI=1S/C15H23N3/c1-11-3-4-14-13(9-11)15(10-12(2)17-14)18-7-5-16-6-8-18/h3-4,9,12,15-17H,5-8,10H2,1-2H3. The summed E-state index contributed by atoms with van der Waals surface area (Å²) < 4.78 is 0. The average Bonchev–Trinajstić information content (AvgIpc) is 2.39. The highest BCUT2D eigenvalue weighted by Crippen LogP contribution is 2.37. The minimum absolute atomic E-state index is 0.570. The molecule has 1 saturated heterocycles. The number of fused-ring (bicyclic) bond motifs is 1. The number of benzene rings is 1. The number of anilines is 1. The fourth-order valence-electron chi connectivity index (χ4n) is 3.22. The van der Waals surface area contributed by atoms with E-state index >= 15 is 0 Å². The molecule has 0 amide bonds. The maximum absolute atomic E-state index is 3.61. The summed E-state index contributed by atoms with van der Waals surface area (Å²) in [6.07, 6.45) is 1.22. The van der Waals surface area contributed by atoms with E-state index in [0.717, 1.165) is 13.1 Å². The quantitative estimate of drug-likeness (QED) is 0.794. The lowest BCUT2D eigenvalue weighted by atomic mass is 9.91.